The number of hydrogen-bond acceptors (Lipinski definition) is 1. The lowest BCUT2D eigenvalue weighted by Crippen LogP contribution is -2.40. The standard InChI is InChI=1S/C15H20O2/c1-10-5-6-13(12(3)11(10)2)9-15(14(16)17)7-4-8-15/h5-6H,4,7-9H2,1-3H3,(H,16,17). The van der Waals surface area contributed by atoms with Crippen molar-refractivity contribution in [2.45, 2.75) is 46.5 Å². The van der Waals surface area contributed by atoms with Gasteiger partial charge in [-0.05, 0) is 62.3 Å². The summed E-state index contributed by atoms with van der Waals surface area (Å²) < 4.78 is 0. The molecule has 2 nitrogen and oxygen atoms in total. The molecule has 2 rings (SSSR count). The van der Waals surface area contributed by atoms with Crippen LogP contribution in [-0.4, -0.2) is 11.1 Å². The average Bonchev–Trinajstić information content (AvgIpc) is 2.22. The van der Waals surface area contributed by atoms with Gasteiger partial charge in [0.25, 0.3) is 0 Å². The minimum atomic E-state index is -0.624. The first kappa shape index (κ1) is 12.2. The second-order valence-corrected chi connectivity index (χ2v) is 5.41. The minimum Gasteiger partial charge on any atom is -0.481 e. The number of rotatable bonds is 3. The molecule has 0 heterocycles. The Morgan fingerprint density at radius 2 is 1.88 bits per heavy atom. The molecule has 1 aromatic carbocycles. The SMILES string of the molecule is Cc1ccc(CC2(C(=O)O)CCC2)c(C)c1C. The third-order valence-corrected chi connectivity index (χ3v) is 4.46. The van der Waals surface area contributed by atoms with Crippen molar-refractivity contribution in [2.75, 3.05) is 0 Å². The van der Waals surface area contributed by atoms with Crippen LogP contribution >= 0.6 is 0 Å². The van der Waals surface area contributed by atoms with Crippen LogP contribution in [-0.2, 0) is 11.2 Å². The van der Waals surface area contributed by atoms with Crippen LogP contribution in [0.25, 0.3) is 0 Å². The summed E-state index contributed by atoms with van der Waals surface area (Å²) in [4.78, 5) is 11.4. The number of carbonyl (C=O) groups is 1. The second-order valence-electron chi connectivity index (χ2n) is 5.41. The van der Waals surface area contributed by atoms with Gasteiger partial charge in [-0.2, -0.15) is 0 Å². The van der Waals surface area contributed by atoms with Crippen molar-refractivity contribution in [1.82, 2.24) is 0 Å². The van der Waals surface area contributed by atoms with Crippen molar-refractivity contribution in [1.29, 1.82) is 0 Å². The summed E-state index contributed by atoms with van der Waals surface area (Å²) in [5, 5.41) is 9.36. The van der Waals surface area contributed by atoms with Gasteiger partial charge in [-0.1, -0.05) is 18.6 Å². The Balaban J connectivity index is 2.30. The van der Waals surface area contributed by atoms with Crippen LogP contribution in [0.3, 0.4) is 0 Å². The fourth-order valence-corrected chi connectivity index (χ4v) is 2.64. The molecule has 1 aliphatic rings. The Kier molecular flexibility index (Phi) is 2.98. The number of benzene rings is 1. The fourth-order valence-electron chi connectivity index (χ4n) is 2.64. The van der Waals surface area contributed by atoms with Crippen LogP contribution in [0.15, 0.2) is 12.1 Å². The molecule has 17 heavy (non-hydrogen) atoms. The van der Waals surface area contributed by atoms with Gasteiger partial charge in [0.2, 0.25) is 0 Å². The third-order valence-electron chi connectivity index (χ3n) is 4.46. The fraction of sp³-hybridized carbons (Fsp3) is 0.533. The highest BCUT2D eigenvalue weighted by Crippen LogP contribution is 2.44. The number of aliphatic carboxylic acids is 1. The van der Waals surface area contributed by atoms with Crippen LogP contribution in [0.1, 0.15) is 41.5 Å². The predicted octanol–water partition coefficient (Wildman–Crippen LogP) is 3.41. The zero-order chi connectivity index (χ0) is 12.6. The third kappa shape index (κ3) is 1.97. The summed E-state index contributed by atoms with van der Waals surface area (Å²) in [5.41, 5.74) is 4.56. The molecule has 2 heteroatoms. The monoisotopic (exact) mass is 232 g/mol. The first-order valence-corrected chi connectivity index (χ1v) is 6.25. The zero-order valence-corrected chi connectivity index (χ0v) is 10.8. The Morgan fingerprint density at radius 3 is 2.35 bits per heavy atom. The zero-order valence-electron chi connectivity index (χ0n) is 10.8. The quantitative estimate of drug-likeness (QED) is 0.867. The van der Waals surface area contributed by atoms with Crippen LogP contribution in [0.2, 0.25) is 0 Å². The lowest BCUT2D eigenvalue weighted by atomic mass is 9.65. The number of hydrogen-bond donors (Lipinski definition) is 1. The lowest BCUT2D eigenvalue weighted by Gasteiger charge is -2.38. The van der Waals surface area contributed by atoms with Crippen LogP contribution < -0.4 is 0 Å². The van der Waals surface area contributed by atoms with Gasteiger partial charge in [0, 0.05) is 0 Å². The van der Waals surface area contributed by atoms with Crippen molar-refractivity contribution in [3.05, 3.63) is 34.4 Å². The van der Waals surface area contributed by atoms with Gasteiger partial charge in [0.15, 0.2) is 0 Å². The van der Waals surface area contributed by atoms with E-state index in [0.717, 1.165) is 19.3 Å². The van der Waals surface area contributed by atoms with Crippen molar-refractivity contribution in [3.63, 3.8) is 0 Å². The smallest absolute Gasteiger partial charge is 0.309 e. The summed E-state index contributed by atoms with van der Waals surface area (Å²) >= 11 is 0. The van der Waals surface area contributed by atoms with Gasteiger partial charge in [-0.3, -0.25) is 4.79 Å². The lowest BCUT2D eigenvalue weighted by molar-refractivity contribution is -0.154. The maximum Gasteiger partial charge on any atom is 0.309 e. The van der Waals surface area contributed by atoms with E-state index in [1.165, 1.54) is 22.3 Å². The molecule has 92 valence electrons. The summed E-state index contributed by atoms with van der Waals surface area (Å²) in [7, 11) is 0. The van der Waals surface area contributed by atoms with Gasteiger partial charge in [0.05, 0.1) is 5.41 Å². The Morgan fingerprint density at radius 1 is 1.24 bits per heavy atom. The van der Waals surface area contributed by atoms with E-state index >= 15 is 0 Å². The highest BCUT2D eigenvalue weighted by molar-refractivity contribution is 5.76. The van der Waals surface area contributed by atoms with E-state index in [9.17, 15) is 9.90 Å². The molecule has 0 saturated heterocycles. The van der Waals surface area contributed by atoms with E-state index in [1.54, 1.807) is 0 Å². The van der Waals surface area contributed by atoms with E-state index in [2.05, 4.69) is 32.9 Å². The average molecular weight is 232 g/mol. The molecule has 0 atom stereocenters. The highest BCUT2D eigenvalue weighted by Gasteiger charge is 2.44. The molecule has 1 saturated carbocycles. The molecule has 0 bridgehead atoms. The molecule has 0 spiro atoms. The minimum absolute atomic E-state index is 0.480. The molecule has 0 amide bonds. The molecule has 1 fully saturated rings. The predicted molar refractivity (Wildman–Crippen MR) is 68.3 cm³/mol. The Hall–Kier alpha value is -1.31. The molecule has 1 aliphatic carbocycles. The first-order valence-electron chi connectivity index (χ1n) is 6.25. The van der Waals surface area contributed by atoms with Crippen molar-refractivity contribution in [3.8, 4) is 0 Å². The molecule has 0 unspecified atom stereocenters. The van der Waals surface area contributed by atoms with Crippen molar-refractivity contribution in [2.24, 2.45) is 5.41 Å². The summed E-state index contributed by atoms with van der Waals surface area (Å²) in [6.45, 7) is 6.32. The molecule has 0 aliphatic heterocycles. The maximum atomic E-state index is 11.4. The van der Waals surface area contributed by atoms with Crippen LogP contribution in [0.4, 0.5) is 0 Å². The van der Waals surface area contributed by atoms with E-state index in [4.69, 9.17) is 0 Å². The van der Waals surface area contributed by atoms with Crippen molar-refractivity contribution < 1.29 is 9.90 Å². The topological polar surface area (TPSA) is 37.3 Å². The molecular weight excluding hydrogens is 212 g/mol. The molecular formula is C15H20O2. The molecule has 1 N–H and O–H groups in total. The van der Waals surface area contributed by atoms with Gasteiger partial charge < -0.3 is 5.11 Å². The van der Waals surface area contributed by atoms with Gasteiger partial charge in [0.1, 0.15) is 0 Å². The molecule has 0 aromatic heterocycles. The van der Waals surface area contributed by atoms with E-state index < -0.39 is 11.4 Å². The Labute approximate surface area is 103 Å². The van der Waals surface area contributed by atoms with E-state index in [0.29, 0.717) is 6.42 Å². The maximum absolute atomic E-state index is 11.4. The second kappa shape index (κ2) is 4.17. The normalized spacial score (nSPS) is 17.6. The van der Waals surface area contributed by atoms with E-state index in [1.807, 2.05) is 0 Å². The van der Waals surface area contributed by atoms with Crippen LogP contribution in [0, 0.1) is 26.2 Å². The number of carboxylic acids is 1. The van der Waals surface area contributed by atoms with Crippen LogP contribution in [0.5, 0.6) is 0 Å². The summed E-state index contributed by atoms with van der Waals surface area (Å²) in [6, 6.07) is 4.20. The van der Waals surface area contributed by atoms with Gasteiger partial charge in [-0.25, -0.2) is 0 Å². The number of carboxylic acid groups (broad SMARTS) is 1. The molecule has 1 aromatic rings. The van der Waals surface area contributed by atoms with Gasteiger partial charge in [-0.15, -0.1) is 0 Å². The Bertz CT molecular complexity index is 456. The first-order chi connectivity index (χ1) is 7.96. The largest absolute Gasteiger partial charge is 0.481 e. The summed E-state index contributed by atoms with van der Waals surface area (Å²) in [5.74, 6) is -0.624. The van der Waals surface area contributed by atoms with Gasteiger partial charge >= 0.3 is 5.97 Å². The highest BCUT2D eigenvalue weighted by atomic mass is 16.4. The summed E-state index contributed by atoms with van der Waals surface area (Å²) in [6.07, 6.45) is 3.40. The van der Waals surface area contributed by atoms with Crippen molar-refractivity contribution >= 4 is 5.97 Å². The molecule has 0 radical (unpaired) electrons. The number of aryl methyl sites for hydroxylation is 1. The van der Waals surface area contributed by atoms with E-state index in [-0.39, 0.29) is 0 Å².